The van der Waals surface area contributed by atoms with E-state index in [4.69, 9.17) is 4.74 Å². The number of aromatic nitrogens is 2. The average molecular weight is 397 g/mol. The molecule has 1 aromatic carbocycles. The van der Waals surface area contributed by atoms with Gasteiger partial charge in [0.05, 0.1) is 18.4 Å². The van der Waals surface area contributed by atoms with Crippen molar-refractivity contribution in [3.8, 4) is 23.1 Å². The first-order chi connectivity index (χ1) is 14.6. The van der Waals surface area contributed by atoms with Crippen molar-refractivity contribution in [3.05, 3.63) is 90.3 Å². The van der Waals surface area contributed by atoms with E-state index in [1.54, 1.807) is 18.5 Å². The Balaban J connectivity index is 1.90. The summed E-state index contributed by atoms with van der Waals surface area (Å²) in [5, 5.41) is 2.66. The molecule has 0 fully saturated rings. The van der Waals surface area contributed by atoms with Crippen LogP contribution < -0.4 is 5.32 Å². The number of hydrogen-bond acceptors (Lipinski definition) is 5. The van der Waals surface area contributed by atoms with Crippen molar-refractivity contribution in [2.75, 3.05) is 12.4 Å². The lowest BCUT2D eigenvalue weighted by Gasteiger charge is -2.09. The largest absolute Gasteiger partial charge is 0.465 e. The number of ether oxygens (including phenoxy) is 1. The van der Waals surface area contributed by atoms with E-state index < -0.39 is 5.97 Å². The van der Waals surface area contributed by atoms with Crippen LogP contribution in [0.3, 0.4) is 0 Å². The fourth-order valence-corrected chi connectivity index (χ4v) is 2.61. The topological polar surface area (TPSA) is 81.2 Å². The minimum absolute atomic E-state index is 0.143. The highest BCUT2D eigenvalue weighted by atomic mass is 16.5. The van der Waals surface area contributed by atoms with Crippen molar-refractivity contribution in [1.82, 2.24) is 9.97 Å². The standard InChI is InChI=1S/C24H19N3O3/c1-3-5-23(28)27-22-15-20(24(29)30-2)14-21(26-22)19-11-9-17(10-12-19)7-8-18-6-4-13-25-16-18/h3-4,6,9-16H,1,5H2,2H3,(H,26,27,28). The Labute approximate surface area is 174 Å². The SMILES string of the molecule is C=CCC(=O)Nc1cc(C(=O)OC)cc(-c2ccc(C#Cc3cccnc3)cc2)n1. The lowest BCUT2D eigenvalue weighted by molar-refractivity contribution is -0.115. The highest BCUT2D eigenvalue weighted by Crippen LogP contribution is 2.22. The first kappa shape index (κ1) is 20.5. The Kier molecular flexibility index (Phi) is 6.70. The number of nitrogens with zero attached hydrogens (tertiary/aromatic N) is 2. The molecule has 0 aliphatic rings. The number of amides is 1. The molecular weight excluding hydrogens is 378 g/mol. The molecule has 0 saturated carbocycles. The van der Waals surface area contributed by atoms with E-state index in [1.165, 1.54) is 19.3 Å². The smallest absolute Gasteiger partial charge is 0.338 e. The van der Waals surface area contributed by atoms with Crippen LogP contribution >= 0.6 is 0 Å². The Morgan fingerprint density at radius 3 is 2.57 bits per heavy atom. The van der Waals surface area contributed by atoms with Gasteiger partial charge in [-0.3, -0.25) is 9.78 Å². The zero-order valence-corrected chi connectivity index (χ0v) is 16.4. The maximum absolute atomic E-state index is 12.0. The number of benzene rings is 1. The summed E-state index contributed by atoms with van der Waals surface area (Å²) >= 11 is 0. The fourth-order valence-electron chi connectivity index (χ4n) is 2.61. The van der Waals surface area contributed by atoms with Gasteiger partial charge >= 0.3 is 5.97 Å². The summed E-state index contributed by atoms with van der Waals surface area (Å²) in [4.78, 5) is 32.4. The van der Waals surface area contributed by atoms with Crippen LogP contribution in [-0.2, 0) is 9.53 Å². The molecule has 1 N–H and O–H groups in total. The van der Waals surface area contributed by atoms with Gasteiger partial charge in [0.1, 0.15) is 5.82 Å². The summed E-state index contributed by atoms with van der Waals surface area (Å²) in [7, 11) is 1.30. The number of esters is 1. The lowest BCUT2D eigenvalue weighted by Crippen LogP contribution is -2.13. The third kappa shape index (κ3) is 5.40. The molecule has 0 aliphatic heterocycles. The summed E-state index contributed by atoms with van der Waals surface area (Å²) in [5.41, 5.74) is 3.24. The van der Waals surface area contributed by atoms with E-state index >= 15 is 0 Å². The monoisotopic (exact) mass is 397 g/mol. The van der Waals surface area contributed by atoms with Gasteiger partial charge in [-0.05, 0) is 36.4 Å². The van der Waals surface area contributed by atoms with Crippen LogP contribution in [0.15, 0.2) is 73.6 Å². The normalized spacial score (nSPS) is 9.77. The van der Waals surface area contributed by atoms with Crippen LogP contribution in [0.25, 0.3) is 11.3 Å². The van der Waals surface area contributed by atoms with Gasteiger partial charge in [0, 0.05) is 35.5 Å². The minimum Gasteiger partial charge on any atom is -0.465 e. The van der Waals surface area contributed by atoms with E-state index in [-0.39, 0.29) is 23.7 Å². The van der Waals surface area contributed by atoms with Gasteiger partial charge in [-0.1, -0.05) is 30.0 Å². The van der Waals surface area contributed by atoms with E-state index in [0.717, 1.165) is 16.7 Å². The predicted octanol–water partition coefficient (Wildman–Crippen LogP) is 3.84. The van der Waals surface area contributed by atoms with Gasteiger partial charge in [0.15, 0.2) is 0 Å². The van der Waals surface area contributed by atoms with Gasteiger partial charge in [0.25, 0.3) is 0 Å². The second-order valence-electron chi connectivity index (χ2n) is 6.23. The number of carbonyl (C=O) groups excluding carboxylic acids is 2. The summed E-state index contributed by atoms with van der Waals surface area (Å²) in [6.45, 7) is 3.54. The van der Waals surface area contributed by atoms with E-state index in [0.29, 0.717) is 5.69 Å². The van der Waals surface area contributed by atoms with Gasteiger partial charge in [-0.25, -0.2) is 9.78 Å². The van der Waals surface area contributed by atoms with Crippen molar-refractivity contribution >= 4 is 17.7 Å². The van der Waals surface area contributed by atoms with Crippen LogP contribution in [0, 0.1) is 11.8 Å². The number of anilines is 1. The van der Waals surface area contributed by atoms with Gasteiger partial charge in [-0.15, -0.1) is 6.58 Å². The number of rotatable bonds is 5. The summed E-state index contributed by atoms with van der Waals surface area (Å²) in [6.07, 6.45) is 5.03. The van der Waals surface area contributed by atoms with Crippen LogP contribution in [0.1, 0.15) is 27.9 Å². The summed E-state index contributed by atoms with van der Waals surface area (Å²) in [6, 6.07) is 14.2. The van der Waals surface area contributed by atoms with Crippen molar-refractivity contribution in [2.24, 2.45) is 0 Å². The predicted molar refractivity (Wildman–Crippen MR) is 115 cm³/mol. The number of nitrogens with one attached hydrogen (secondary N) is 1. The molecule has 6 heteroatoms. The molecule has 3 aromatic rings. The molecule has 0 aliphatic carbocycles. The average Bonchev–Trinajstić information content (AvgIpc) is 2.78. The summed E-state index contributed by atoms with van der Waals surface area (Å²) < 4.78 is 4.81. The molecule has 0 radical (unpaired) electrons. The van der Waals surface area contributed by atoms with Gasteiger partial charge < -0.3 is 10.1 Å². The Morgan fingerprint density at radius 2 is 1.90 bits per heavy atom. The van der Waals surface area contributed by atoms with Crippen LogP contribution in [-0.4, -0.2) is 29.0 Å². The number of carbonyl (C=O) groups is 2. The molecule has 0 unspecified atom stereocenters. The van der Waals surface area contributed by atoms with Gasteiger partial charge in [-0.2, -0.15) is 0 Å². The minimum atomic E-state index is -0.517. The molecule has 2 heterocycles. The molecule has 0 atom stereocenters. The number of methoxy groups -OCH3 is 1. The zero-order chi connectivity index (χ0) is 21.3. The second kappa shape index (κ2) is 9.80. The van der Waals surface area contributed by atoms with Crippen LogP contribution in [0.2, 0.25) is 0 Å². The lowest BCUT2D eigenvalue weighted by atomic mass is 10.1. The first-order valence-electron chi connectivity index (χ1n) is 9.12. The number of pyridine rings is 2. The maximum atomic E-state index is 12.0. The Morgan fingerprint density at radius 1 is 1.13 bits per heavy atom. The molecule has 6 nitrogen and oxygen atoms in total. The van der Waals surface area contributed by atoms with Crippen molar-refractivity contribution in [2.45, 2.75) is 6.42 Å². The molecule has 148 valence electrons. The molecule has 0 saturated heterocycles. The molecule has 2 aromatic heterocycles. The van der Waals surface area contributed by atoms with Crippen molar-refractivity contribution in [3.63, 3.8) is 0 Å². The second-order valence-corrected chi connectivity index (χ2v) is 6.23. The Hall–Kier alpha value is -4.24. The summed E-state index contributed by atoms with van der Waals surface area (Å²) in [5.74, 6) is 5.60. The van der Waals surface area contributed by atoms with Crippen LogP contribution in [0.4, 0.5) is 5.82 Å². The van der Waals surface area contributed by atoms with E-state index in [1.807, 2.05) is 36.4 Å². The molecule has 0 bridgehead atoms. The molecular formula is C24H19N3O3. The first-order valence-corrected chi connectivity index (χ1v) is 9.12. The third-order valence-electron chi connectivity index (χ3n) is 4.04. The van der Waals surface area contributed by atoms with E-state index in [2.05, 4.69) is 33.7 Å². The molecule has 0 spiro atoms. The molecule has 3 rings (SSSR count). The van der Waals surface area contributed by atoms with E-state index in [9.17, 15) is 9.59 Å². The van der Waals surface area contributed by atoms with Crippen LogP contribution in [0.5, 0.6) is 0 Å². The Bertz CT molecular complexity index is 1130. The molecule has 30 heavy (non-hydrogen) atoms. The number of hydrogen-bond donors (Lipinski definition) is 1. The quantitative estimate of drug-likeness (QED) is 0.402. The van der Waals surface area contributed by atoms with Crippen molar-refractivity contribution in [1.29, 1.82) is 0 Å². The maximum Gasteiger partial charge on any atom is 0.338 e. The fraction of sp³-hybridized carbons (Fsp3) is 0.0833. The highest BCUT2D eigenvalue weighted by Gasteiger charge is 2.13. The highest BCUT2D eigenvalue weighted by molar-refractivity contribution is 5.95. The molecule has 1 amide bonds. The van der Waals surface area contributed by atoms with Gasteiger partial charge in [0.2, 0.25) is 5.91 Å². The third-order valence-corrected chi connectivity index (χ3v) is 4.04. The zero-order valence-electron chi connectivity index (χ0n) is 16.4. The van der Waals surface area contributed by atoms with Crippen molar-refractivity contribution < 1.29 is 14.3 Å².